The molecule has 7 heteroatoms. The summed E-state index contributed by atoms with van der Waals surface area (Å²) in [5.74, 6) is 1.58. The van der Waals surface area contributed by atoms with Gasteiger partial charge in [0.05, 0.1) is 10.7 Å². The Balaban J connectivity index is 1.35. The zero-order valence-electron chi connectivity index (χ0n) is 20.8. The van der Waals surface area contributed by atoms with Gasteiger partial charge in [-0.1, -0.05) is 43.5 Å². The molecule has 3 heterocycles. The summed E-state index contributed by atoms with van der Waals surface area (Å²) in [5.41, 5.74) is 3.76. The fourth-order valence-electron chi connectivity index (χ4n) is 5.65. The van der Waals surface area contributed by atoms with E-state index < -0.39 is 0 Å². The van der Waals surface area contributed by atoms with E-state index in [1.165, 1.54) is 35.8 Å². The van der Waals surface area contributed by atoms with Gasteiger partial charge in [-0.2, -0.15) is 0 Å². The lowest BCUT2D eigenvalue weighted by molar-refractivity contribution is -0.131. The minimum atomic E-state index is -0.212. The van der Waals surface area contributed by atoms with Crippen molar-refractivity contribution in [3.05, 3.63) is 52.1 Å². The summed E-state index contributed by atoms with van der Waals surface area (Å²) >= 11 is 1.62. The molecule has 1 aromatic heterocycles. The first kappa shape index (κ1) is 24.3. The molecule has 0 spiro atoms. The zero-order chi connectivity index (χ0) is 24.5. The van der Waals surface area contributed by atoms with Gasteiger partial charge in [0.15, 0.2) is 0 Å². The number of hydrogen-bond donors (Lipinski definition) is 1. The fraction of sp³-hybridized carbons (Fsp3) is 0.536. The summed E-state index contributed by atoms with van der Waals surface area (Å²) in [7, 11) is 0. The first-order valence-corrected chi connectivity index (χ1v) is 13.8. The molecule has 186 valence electrons. The number of hydrogen-bond acceptors (Lipinski definition) is 4. The summed E-state index contributed by atoms with van der Waals surface area (Å²) in [6.07, 6.45) is 10.6. The Labute approximate surface area is 211 Å². The molecule has 0 saturated heterocycles. The highest BCUT2D eigenvalue weighted by atomic mass is 32.2. The normalized spacial score (nSPS) is 21.7. The Morgan fingerprint density at radius 1 is 1.20 bits per heavy atom. The van der Waals surface area contributed by atoms with Crippen LogP contribution >= 0.6 is 11.8 Å². The van der Waals surface area contributed by atoms with Crippen molar-refractivity contribution in [1.29, 1.82) is 5.41 Å². The molecule has 2 aliphatic heterocycles. The molecule has 1 atom stereocenters. The lowest BCUT2D eigenvalue weighted by Crippen LogP contribution is -2.35. The van der Waals surface area contributed by atoms with Crippen molar-refractivity contribution in [2.75, 3.05) is 13.1 Å². The zero-order valence-corrected chi connectivity index (χ0v) is 21.6. The maximum atomic E-state index is 13.9. The van der Waals surface area contributed by atoms with E-state index >= 15 is 0 Å². The highest BCUT2D eigenvalue weighted by molar-refractivity contribution is 8.17. The first-order valence-electron chi connectivity index (χ1n) is 13.0. The third kappa shape index (κ3) is 5.25. The topological polar surface area (TPSA) is 62.0 Å². The average Bonchev–Trinajstić information content (AvgIpc) is 3.16. The van der Waals surface area contributed by atoms with E-state index in [-0.39, 0.29) is 11.7 Å². The number of amides is 1. The third-order valence-corrected chi connectivity index (χ3v) is 9.17. The number of aryl methyl sites for hydroxylation is 1. The molecule has 3 aliphatic rings. The minimum Gasteiger partial charge on any atom is -0.340 e. The molecule has 0 radical (unpaired) electrons. The lowest BCUT2D eigenvalue weighted by Gasteiger charge is -2.24. The van der Waals surface area contributed by atoms with Crippen LogP contribution < -0.4 is 0 Å². The SMILES string of the molecule is Cc1cc(-c2cn(CC(=O)N3CCC4=C(CC3)SC(=N)C(C)C4)c(C3CCCCC3)n2)ccc1F. The lowest BCUT2D eigenvalue weighted by atomic mass is 9.88. The van der Waals surface area contributed by atoms with Crippen molar-refractivity contribution in [2.45, 2.75) is 77.7 Å². The first-order chi connectivity index (χ1) is 16.9. The van der Waals surface area contributed by atoms with Crippen molar-refractivity contribution in [1.82, 2.24) is 14.5 Å². The van der Waals surface area contributed by atoms with Crippen molar-refractivity contribution in [2.24, 2.45) is 5.92 Å². The van der Waals surface area contributed by atoms with E-state index in [9.17, 15) is 9.18 Å². The standard InChI is InChI=1S/C28H35FN4OS/c1-18-14-21(8-9-23(18)29)24-16-33(28(31-24)20-6-4-3-5-7-20)17-26(34)32-12-10-22-15-19(2)27(30)35-25(22)11-13-32/h8-9,14,16,19-20,30H,3-7,10-13,15,17H2,1-2H3. The molecule has 1 N–H and O–H groups in total. The van der Waals surface area contributed by atoms with Gasteiger partial charge in [-0.3, -0.25) is 10.2 Å². The average molecular weight is 495 g/mol. The molecule has 1 aromatic carbocycles. The predicted octanol–water partition coefficient (Wildman–Crippen LogP) is 6.67. The summed E-state index contributed by atoms with van der Waals surface area (Å²) in [4.78, 5) is 21.8. The molecule has 1 amide bonds. The number of benzene rings is 1. The molecule has 5 rings (SSSR count). The van der Waals surface area contributed by atoms with Gasteiger partial charge in [-0.25, -0.2) is 9.37 Å². The second-order valence-electron chi connectivity index (χ2n) is 10.4. The van der Waals surface area contributed by atoms with E-state index in [2.05, 4.69) is 11.5 Å². The Hall–Kier alpha value is -2.41. The van der Waals surface area contributed by atoms with Crippen molar-refractivity contribution in [3.8, 4) is 11.3 Å². The maximum absolute atomic E-state index is 13.9. The van der Waals surface area contributed by atoms with Gasteiger partial charge in [0.25, 0.3) is 0 Å². The van der Waals surface area contributed by atoms with Crippen LogP contribution in [0.4, 0.5) is 4.39 Å². The van der Waals surface area contributed by atoms with Crippen molar-refractivity contribution < 1.29 is 9.18 Å². The van der Waals surface area contributed by atoms with Gasteiger partial charge in [0, 0.05) is 36.7 Å². The smallest absolute Gasteiger partial charge is 0.242 e. The molecular formula is C28H35FN4OS. The minimum absolute atomic E-state index is 0.134. The largest absolute Gasteiger partial charge is 0.340 e. The van der Waals surface area contributed by atoms with Gasteiger partial charge in [0.2, 0.25) is 5.91 Å². The Kier molecular flexibility index (Phi) is 7.14. The van der Waals surface area contributed by atoms with E-state index in [1.807, 2.05) is 17.2 Å². The number of rotatable bonds is 4. The summed E-state index contributed by atoms with van der Waals surface area (Å²) in [5, 5.41) is 8.96. The number of imidazole rings is 1. The number of halogens is 1. The monoisotopic (exact) mass is 494 g/mol. The highest BCUT2D eigenvalue weighted by Gasteiger charge is 2.29. The Bertz CT molecular complexity index is 1160. The van der Waals surface area contributed by atoms with Crippen LogP contribution in [0.25, 0.3) is 11.3 Å². The van der Waals surface area contributed by atoms with Crippen LogP contribution in [0, 0.1) is 24.1 Å². The predicted molar refractivity (Wildman–Crippen MR) is 140 cm³/mol. The van der Waals surface area contributed by atoms with E-state index in [0.717, 1.165) is 60.8 Å². The highest BCUT2D eigenvalue weighted by Crippen LogP contribution is 2.40. The van der Waals surface area contributed by atoms with Gasteiger partial charge in [-0.05, 0) is 67.7 Å². The molecule has 1 unspecified atom stereocenters. The number of nitrogens with zero attached hydrogens (tertiary/aromatic N) is 3. The second kappa shape index (κ2) is 10.3. The molecule has 35 heavy (non-hydrogen) atoms. The van der Waals surface area contributed by atoms with Crippen LogP contribution in [0.15, 0.2) is 34.9 Å². The fourth-order valence-corrected chi connectivity index (χ4v) is 6.72. The molecular weight excluding hydrogens is 459 g/mol. The molecule has 2 aromatic rings. The van der Waals surface area contributed by atoms with Gasteiger partial charge in [-0.15, -0.1) is 0 Å². The number of carbonyl (C=O) groups is 1. The van der Waals surface area contributed by atoms with Crippen molar-refractivity contribution in [3.63, 3.8) is 0 Å². The van der Waals surface area contributed by atoms with Crippen LogP contribution in [0.5, 0.6) is 0 Å². The summed E-state index contributed by atoms with van der Waals surface area (Å²) in [6.45, 7) is 5.65. The molecule has 1 fully saturated rings. The number of carbonyl (C=O) groups excluding carboxylic acids is 1. The van der Waals surface area contributed by atoms with E-state index in [1.54, 1.807) is 24.8 Å². The van der Waals surface area contributed by atoms with Crippen LogP contribution in [0.1, 0.15) is 75.6 Å². The van der Waals surface area contributed by atoms with Gasteiger partial charge in [0.1, 0.15) is 18.2 Å². The maximum Gasteiger partial charge on any atom is 0.242 e. The van der Waals surface area contributed by atoms with Crippen LogP contribution in [0.2, 0.25) is 0 Å². The second-order valence-corrected chi connectivity index (χ2v) is 11.5. The quantitative estimate of drug-likeness (QED) is 0.516. The van der Waals surface area contributed by atoms with Gasteiger partial charge < -0.3 is 9.47 Å². The Morgan fingerprint density at radius 2 is 1.97 bits per heavy atom. The molecule has 1 aliphatic carbocycles. The summed E-state index contributed by atoms with van der Waals surface area (Å²) < 4.78 is 15.9. The molecule has 1 saturated carbocycles. The number of nitrogens with one attached hydrogen (secondary N) is 1. The number of aromatic nitrogens is 2. The van der Waals surface area contributed by atoms with Crippen molar-refractivity contribution >= 4 is 22.7 Å². The van der Waals surface area contributed by atoms with E-state index in [0.29, 0.717) is 30.5 Å². The number of thioether (sulfide) groups is 1. The third-order valence-electron chi connectivity index (χ3n) is 7.81. The van der Waals surface area contributed by atoms with Crippen LogP contribution in [-0.4, -0.2) is 38.5 Å². The van der Waals surface area contributed by atoms with E-state index in [4.69, 9.17) is 10.4 Å². The summed E-state index contributed by atoms with van der Waals surface area (Å²) in [6, 6.07) is 5.12. The Morgan fingerprint density at radius 3 is 2.74 bits per heavy atom. The molecule has 5 nitrogen and oxygen atoms in total. The van der Waals surface area contributed by atoms with Gasteiger partial charge >= 0.3 is 0 Å². The van der Waals surface area contributed by atoms with Crippen LogP contribution in [-0.2, 0) is 11.3 Å². The van der Waals surface area contributed by atoms with Crippen LogP contribution in [0.3, 0.4) is 0 Å². The molecule has 0 bridgehead atoms.